The highest BCUT2D eigenvalue weighted by Crippen LogP contribution is 2.42. The SMILES string of the molecule is O=[N+]([O-])c1cccc(-n2cccc2[C@@H]2[C@H](c3ccccn3)NC(=S)N2c2ccc(F)cc2)c1. The van der Waals surface area contributed by atoms with E-state index >= 15 is 0 Å². The van der Waals surface area contributed by atoms with E-state index in [0.717, 1.165) is 17.1 Å². The van der Waals surface area contributed by atoms with E-state index in [0.29, 0.717) is 10.8 Å². The van der Waals surface area contributed by atoms with Gasteiger partial charge in [0.05, 0.1) is 22.3 Å². The maximum Gasteiger partial charge on any atom is 0.271 e. The van der Waals surface area contributed by atoms with Crippen molar-refractivity contribution in [2.24, 2.45) is 0 Å². The first-order valence-electron chi connectivity index (χ1n) is 10.2. The third kappa shape index (κ3) is 3.83. The maximum atomic E-state index is 13.6. The van der Waals surface area contributed by atoms with Crippen LogP contribution >= 0.6 is 12.2 Å². The van der Waals surface area contributed by atoms with Crippen molar-refractivity contribution in [3.8, 4) is 5.69 Å². The second-order valence-corrected chi connectivity index (χ2v) is 7.94. The largest absolute Gasteiger partial charge is 0.351 e. The smallest absolute Gasteiger partial charge is 0.271 e. The van der Waals surface area contributed by atoms with Crippen molar-refractivity contribution in [1.29, 1.82) is 0 Å². The van der Waals surface area contributed by atoms with E-state index in [4.69, 9.17) is 12.2 Å². The minimum Gasteiger partial charge on any atom is -0.351 e. The molecule has 7 nitrogen and oxygen atoms in total. The predicted octanol–water partition coefficient (Wildman–Crippen LogP) is 5.10. The number of nitro groups is 1. The second kappa shape index (κ2) is 8.44. The van der Waals surface area contributed by atoms with Gasteiger partial charge in [0.15, 0.2) is 5.11 Å². The zero-order chi connectivity index (χ0) is 22.9. The molecule has 0 spiro atoms. The molecule has 2 aromatic heterocycles. The number of hydrogen-bond donors (Lipinski definition) is 1. The number of nitro benzene ring substituents is 1. The summed E-state index contributed by atoms with van der Waals surface area (Å²) in [5.41, 5.74) is 3.03. The normalized spacial score (nSPS) is 17.7. The highest BCUT2D eigenvalue weighted by molar-refractivity contribution is 7.80. The standard InChI is InChI=1S/C24H18FN5O2S/c25-16-9-11-17(12-10-16)29-23(22(27-24(29)33)20-7-1-2-13-26-20)21-8-4-14-28(21)18-5-3-6-19(15-18)30(31)32/h1-15,22-23H,(H,27,33)/t22-,23+/m0/s1. The molecule has 0 bridgehead atoms. The van der Waals surface area contributed by atoms with Crippen LogP contribution in [-0.4, -0.2) is 19.6 Å². The Bertz CT molecular complexity index is 1330. The van der Waals surface area contributed by atoms with E-state index in [-0.39, 0.29) is 23.6 Å². The van der Waals surface area contributed by atoms with Crippen molar-refractivity contribution < 1.29 is 9.31 Å². The van der Waals surface area contributed by atoms with Crippen molar-refractivity contribution in [2.75, 3.05) is 4.90 Å². The van der Waals surface area contributed by atoms with Gasteiger partial charge < -0.3 is 14.8 Å². The van der Waals surface area contributed by atoms with Crippen LogP contribution in [0, 0.1) is 15.9 Å². The number of hydrogen-bond acceptors (Lipinski definition) is 4. The van der Waals surface area contributed by atoms with Gasteiger partial charge in [-0.2, -0.15) is 0 Å². The zero-order valence-corrected chi connectivity index (χ0v) is 18.0. The number of nitrogens with one attached hydrogen (secondary N) is 1. The molecule has 2 atom stereocenters. The summed E-state index contributed by atoms with van der Waals surface area (Å²) in [7, 11) is 0. The lowest BCUT2D eigenvalue weighted by Gasteiger charge is -2.29. The van der Waals surface area contributed by atoms with E-state index < -0.39 is 4.92 Å². The molecule has 164 valence electrons. The van der Waals surface area contributed by atoms with Gasteiger partial charge in [-0.15, -0.1) is 0 Å². The summed E-state index contributed by atoms with van der Waals surface area (Å²) in [6.45, 7) is 0. The minimum atomic E-state index is -0.416. The van der Waals surface area contributed by atoms with Crippen LogP contribution in [0.5, 0.6) is 0 Å². The van der Waals surface area contributed by atoms with Gasteiger partial charge in [-0.1, -0.05) is 12.1 Å². The van der Waals surface area contributed by atoms with Gasteiger partial charge in [-0.25, -0.2) is 4.39 Å². The Hall–Kier alpha value is -4.11. The minimum absolute atomic E-state index is 0.00360. The Morgan fingerprint density at radius 2 is 1.82 bits per heavy atom. The Balaban J connectivity index is 1.66. The van der Waals surface area contributed by atoms with Gasteiger partial charge in [0.1, 0.15) is 11.9 Å². The van der Waals surface area contributed by atoms with Crippen molar-refractivity contribution in [3.05, 3.63) is 119 Å². The summed E-state index contributed by atoms with van der Waals surface area (Å²) in [6.07, 6.45) is 3.57. The highest BCUT2D eigenvalue weighted by atomic mass is 32.1. The number of nitrogens with zero attached hydrogens (tertiary/aromatic N) is 4. The van der Waals surface area contributed by atoms with Gasteiger partial charge in [0, 0.05) is 35.9 Å². The lowest BCUT2D eigenvalue weighted by atomic mass is 10.0. The molecule has 2 aromatic carbocycles. The fourth-order valence-corrected chi connectivity index (χ4v) is 4.51. The topological polar surface area (TPSA) is 76.2 Å². The zero-order valence-electron chi connectivity index (χ0n) is 17.2. The molecule has 0 saturated carbocycles. The van der Waals surface area contributed by atoms with Crippen molar-refractivity contribution >= 4 is 28.7 Å². The monoisotopic (exact) mass is 459 g/mol. The van der Waals surface area contributed by atoms with Crippen LogP contribution in [-0.2, 0) is 0 Å². The molecule has 4 aromatic rings. The van der Waals surface area contributed by atoms with Gasteiger partial charge in [-0.3, -0.25) is 15.1 Å². The summed E-state index contributed by atoms with van der Waals surface area (Å²) in [4.78, 5) is 17.4. The molecule has 5 rings (SSSR count). The van der Waals surface area contributed by atoms with Crippen LogP contribution in [0.1, 0.15) is 23.5 Å². The molecule has 1 N–H and O–H groups in total. The summed E-state index contributed by atoms with van der Waals surface area (Å²) in [6, 6.07) is 21.5. The Labute approximate surface area is 194 Å². The quantitative estimate of drug-likeness (QED) is 0.254. The predicted molar refractivity (Wildman–Crippen MR) is 127 cm³/mol. The molecule has 3 heterocycles. The van der Waals surface area contributed by atoms with E-state index in [9.17, 15) is 14.5 Å². The first-order chi connectivity index (χ1) is 16.0. The van der Waals surface area contributed by atoms with Crippen LogP contribution in [0.3, 0.4) is 0 Å². The van der Waals surface area contributed by atoms with E-state index in [1.807, 2.05) is 52.1 Å². The average Bonchev–Trinajstić information content (AvgIpc) is 3.44. The summed E-state index contributed by atoms with van der Waals surface area (Å²) in [5, 5.41) is 15.2. The number of rotatable bonds is 5. The van der Waals surface area contributed by atoms with Crippen LogP contribution in [0.15, 0.2) is 91.3 Å². The molecule has 0 amide bonds. The van der Waals surface area contributed by atoms with Gasteiger partial charge in [0.25, 0.3) is 5.69 Å². The van der Waals surface area contributed by atoms with Gasteiger partial charge in [0.2, 0.25) is 0 Å². The number of thiocarbonyl (C=S) groups is 1. The molecule has 1 aliphatic heterocycles. The second-order valence-electron chi connectivity index (χ2n) is 7.55. The van der Waals surface area contributed by atoms with Crippen molar-refractivity contribution in [1.82, 2.24) is 14.9 Å². The summed E-state index contributed by atoms with van der Waals surface area (Å²) >= 11 is 5.69. The number of benzene rings is 2. The Morgan fingerprint density at radius 1 is 1.00 bits per heavy atom. The first-order valence-corrected chi connectivity index (χ1v) is 10.6. The molecule has 0 unspecified atom stereocenters. The number of non-ortho nitro benzene ring substituents is 1. The number of halogens is 1. The van der Waals surface area contributed by atoms with Gasteiger partial charge in [-0.05, 0) is 66.8 Å². The summed E-state index contributed by atoms with van der Waals surface area (Å²) in [5.74, 6) is -0.338. The third-order valence-corrected chi connectivity index (χ3v) is 5.92. The molecule has 1 fully saturated rings. The van der Waals surface area contributed by atoms with Crippen molar-refractivity contribution in [2.45, 2.75) is 12.1 Å². The molecule has 0 radical (unpaired) electrons. The molecule has 33 heavy (non-hydrogen) atoms. The van der Waals surface area contributed by atoms with E-state index in [2.05, 4.69) is 10.3 Å². The fraction of sp³-hybridized carbons (Fsp3) is 0.0833. The van der Waals surface area contributed by atoms with E-state index in [1.165, 1.54) is 24.3 Å². The highest BCUT2D eigenvalue weighted by Gasteiger charge is 2.42. The van der Waals surface area contributed by atoms with E-state index in [1.54, 1.807) is 24.4 Å². The molecular weight excluding hydrogens is 441 g/mol. The van der Waals surface area contributed by atoms with Crippen LogP contribution < -0.4 is 10.2 Å². The lowest BCUT2D eigenvalue weighted by Crippen LogP contribution is -2.30. The Morgan fingerprint density at radius 3 is 2.55 bits per heavy atom. The van der Waals surface area contributed by atoms with Crippen LogP contribution in [0.2, 0.25) is 0 Å². The number of anilines is 1. The molecule has 9 heteroatoms. The average molecular weight is 460 g/mol. The third-order valence-electron chi connectivity index (χ3n) is 5.60. The molecule has 0 aliphatic carbocycles. The first kappa shape index (κ1) is 20.8. The Kier molecular flexibility index (Phi) is 5.31. The lowest BCUT2D eigenvalue weighted by molar-refractivity contribution is -0.384. The molecule has 1 aliphatic rings. The molecular formula is C24H18FN5O2S. The molecule has 1 saturated heterocycles. The maximum absolute atomic E-state index is 13.6. The number of aromatic nitrogens is 2. The number of pyridine rings is 1. The van der Waals surface area contributed by atoms with Crippen LogP contribution in [0.4, 0.5) is 15.8 Å². The van der Waals surface area contributed by atoms with Gasteiger partial charge >= 0.3 is 0 Å². The van der Waals surface area contributed by atoms with Crippen molar-refractivity contribution in [3.63, 3.8) is 0 Å². The van der Waals surface area contributed by atoms with Crippen LogP contribution in [0.25, 0.3) is 5.69 Å². The summed E-state index contributed by atoms with van der Waals surface area (Å²) < 4.78 is 15.5. The fourth-order valence-electron chi connectivity index (χ4n) is 4.16.